The Balaban J connectivity index is 2.09. The van der Waals surface area contributed by atoms with Crippen molar-refractivity contribution in [2.45, 2.75) is 65.0 Å². The summed E-state index contributed by atoms with van der Waals surface area (Å²) in [4.78, 5) is 0. The van der Waals surface area contributed by atoms with Crippen molar-refractivity contribution >= 4 is 11.8 Å². The smallest absolute Gasteiger partial charge is 0.133 e. The molecule has 0 aliphatic heterocycles. The highest BCUT2D eigenvalue weighted by Gasteiger charge is 2.71. The second kappa shape index (κ2) is 3.94. The molecule has 4 aliphatic carbocycles. The van der Waals surface area contributed by atoms with Gasteiger partial charge in [-0.05, 0) is 78.9 Å². The fourth-order valence-electron chi connectivity index (χ4n) is 6.19. The number of nitriles is 1. The fraction of sp³-hybridized carbons (Fsp3) is 0.941. The van der Waals surface area contributed by atoms with E-state index in [4.69, 9.17) is 0 Å². The minimum atomic E-state index is 0.176. The van der Waals surface area contributed by atoms with Gasteiger partial charge in [0, 0.05) is 4.75 Å². The van der Waals surface area contributed by atoms with Crippen LogP contribution in [0.5, 0.6) is 0 Å². The molecular formula is C17H27NS. The van der Waals surface area contributed by atoms with E-state index in [1.807, 2.05) is 0 Å². The first-order valence-corrected chi connectivity index (χ1v) is 8.67. The van der Waals surface area contributed by atoms with Gasteiger partial charge in [-0.2, -0.15) is 5.26 Å². The Labute approximate surface area is 122 Å². The van der Waals surface area contributed by atoms with Crippen LogP contribution in [0.3, 0.4) is 0 Å². The van der Waals surface area contributed by atoms with Crippen LogP contribution in [0.4, 0.5) is 0 Å². The predicted octanol–water partition coefficient (Wildman–Crippen LogP) is 5.08. The van der Waals surface area contributed by atoms with E-state index in [9.17, 15) is 5.26 Å². The summed E-state index contributed by atoms with van der Waals surface area (Å²) in [5, 5.41) is 11.8. The van der Waals surface area contributed by atoms with Crippen molar-refractivity contribution in [3.63, 3.8) is 0 Å². The topological polar surface area (TPSA) is 23.8 Å². The van der Waals surface area contributed by atoms with E-state index in [0.29, 0.717) is 10.8 Å². The highest BCUT2D eigenvalue weighted by molar-refractivity contribution is 8.05. The summed E-state index contributed by atoms with van der Waals surface area (Å²) in [5.41, 5.74) is 0.955. The number of fused-ring (bicyclic) bond motifs is 1. The molecule has 4 fully saturated rings. The normalized spacial score (nSPS) is 55.5. The van der Waals surface area contributed by atoms with Gasteiger partial charge in [-0.15, -0.1) is 0 Å². The Morgan fingerprint density at radius 1 is 1.21 bits per heavy atom. The zero-order chi connectivity index (χ0) is 14.1. The molecule has 0 N–H and O–H groups in total. The van der Waals surface area contributed by atoms with Crippen molar-refractivity contribution in [2.75, 3.05) is 0 Å². The van der Waals surface area contributed by atoms with Crippen molar-refractivity contribution in [3.8, 4) is 5.40 Å². The third kappa shape index (κ3) is 1.49. The zero-order valence-electron chi connectivity index (χ0n) is 13.0. The summed E-state index contributed by atoms with van der Waals surface area (Å²) < 4.78 is 0.176. The average molecular weight is 277 g/mol. The number of hydrogen-bond acceptors (Lipinski definition) is 2. The second-order valence-corrected chi connectivity index (χ2v) is 9.61. The Morgan fingerprint density at radius 3 is 2.47 bits per heavy atom. The van der Waals surface area contributed by atoms with Gasteiger partial charge in [-0.1, -0.05) is 27.7 Å². The van der Waals surface area contributed by atoms with Crippen molar-refractivity contribution in [1.29, 1.82) is 5.26 Å². The lowest BCUT2D eigenvalue weighted by Gasteiger charge is -2.66. The maximum absolute atomic E-state index is 9.36. The molecule has 0 spiro atoms. The fourth-order valence-corrected chi connectivity index (χ4v) is 7.26. The molecule has 0 saturated heterocycles. The van der Waals surface area contributed by atoms with E-state index in [1.54, 1.807) is 11.8 Å². The molecule has 0 aromatic heterocycles. The summed E-state index contributed by atoms with van der Waals surface area (Å²) in [6.45, 7) is 12.2. The molecule has 4 saturated carbocycles. The minimum absolute atomic E-state index is 0.176. The van der Waals surface area contributed by atoms with Crippen LogP contribution in [0.2, 0.25) is 0 Å². The van der Waals surface area contributed by atoms with Crippen LogP contribution in [0, 0.1) is 45.2 Å². The van der Waals surface area contributed by atoms with E-state index in [0.717, 1.165) is 23.7 Å². The molecule has 19 heavy (non-hydrogen) atoms. The molecule has 0 radical (unpaired) electrons. The quantitative estimate of drug-likeness (QED) is 0.657. The number of rotatable bonds is 2. The Hall–Kier alpha value is -0.160. The molecule has 0 aromatic carbocycles. The maximum Gasteiger partial charge on any atom is 0.133 e. The second-order valence-electron chi connectivity index (χ2n) is 8.38. The molecular weight excluding hydrogens is 250 g/mol. The highest BCUT2D eigenvalue weighted by Crippen LogP contribution is 2.77. The molecule has 3 unspecified atom stereocenters. The van der Waals surface area contributed by atoms with Crippen molar-refractivity contribution in [2.24, 2.45) is 34.5 Å². The Bertz CT molecular complexity index is 439. The van der Waals surface area contributed by atoms with Gasteiger partial charge in [0.1, 0.15) is 5.40 Å². The molecule has 1 nitrogen and oxygen atoms in total. The van der Waals surface area contributed by atoms with E-state index < -0.39 is 0 Å². The molecule has 0 heterocycles. The molecule has 4 aliphatic rings. The van der Waals surface area contributed by atoms with Gasteiger partial charge in [-0.25, -0.2) is 0 Å². The van der Waals surface area contributed by atoms with E-state index in [1.165, 1.54) is 25.7 Å². The molecule has 4 bridgehead atoms. The lowest BCUT2D eigenvalue weighted by molar-refractivity contribution is -0.108. The van der Waals surface area contributed by atoms with Gasteiger partial charge < -0.3 is 0 Å². The highest BCUT2D eigenvalue weighted by atomic mass is 32.2. The Morgan fingerprint density at radius 2 is 1.89 bits per heavy atom. The molecule has 2 heteroatoms. The lowest BCUT2D eigenvalue weighted by atomic mass is 9.43. The summed E-state index contributed by atoms with van der Waals surface area (Å²) in [6, 6.07) is 0. The SMILES string of the molecule is CC(C)C1CC2[C@@]3(C)CC[C@]2(C)[C@](C)(SC#N)C1C3. The predicted molar refractivity (Wildman–Crippen MR) is 81.6 cm³/mol. The molecule has 0 aromatic rings. The largest absolute Gasteiger partial charge is 0.185 e. The van der Waals surface area contributed by atoms with Crippen LogP contribution >= 0.6 is 11.8 Å². The van der Waals surface area contributed by atoms with E-state index in [-0.39, 0.29) is 4.75 Å². The molecule has 4 rings (SSSR count). The number of hydrogen-bond donors (Lipinski definition) is 0. The maximum atomic E-state index is 9.36. The number of thioether (sulfide) groups is 1. The first-order valence-electron chi connectivity index (χ1n) is 7.85. The lowest BCUT2D eigenvalue weighted by Crippen LogP contribution is -2.63. The summed E-state index contributed by atoms with van der Waals surface area (Å²) in [6.07, 6.45) is 5.50. The minimum Gasteiger partial charge on any atom is -0.185 e. The molecule has 6 atom stereocenters. The van der Waals surface area contributed by atoms with Gasteiger partial charge in [0.15, 0.2) is 0 Å². The Kier molecular flexibility index (Phi) is 2.86. The third-order valence-electron chi connectivity index (χ3n) is 7.49. The van der Waals surface area contributed by atoms with Gasteiger partial charge in [0.25, 0.3) is 0 Å². The van der Waals surface area contributed by atoms with Crippen molar-refractivity contribution < 1.29 is 0 Å². The van der Waals surface area contributed by atoms with Crippen LogP contribution < -0.4 is 0 Å². The first kappa shape index (κ1) is 13.8. The van der Waals surface area contributed by atoms with Gasteiger partial charge >= 0.3 is 0 Å². The third-order valence-corrected chi connectivity index (χ3v) is 8.78. The summed E-state index contributed by atoms with van der Waals surface area (Å²) >= 11 is 1.60. The number of nitrogens with zero attached hydrogens (tertiary/aromatic N) is 1. The van der Waals surface area contributed by atoms with E-state index in [2.05, 4.69) is 40.0 Å². The first-order chi connectivity index (χ1) is 8.78. The van der Waals surface area contributed by atoms with Crippen LogP contribution in [-0.2, 0) is 0 Å². The molecule has 106 valence electrons. The van der Waals surface area contributed by atoms with Gasteiger partial charge in [0.05, 0.1) is 0 Å². The molecule has 0 amide bonds. The van der Waals surface area contributed by atoms with E-state index >= 15 is 0 Å². The van der Waals surface area contributed by atoms with Gasteiger partial charge in [-0.3, -0.25) is 0 Å². The van der Waals surface area contributed by atoms with Crippen LogP contribution in [0.15, 0.2) is 0 Å². The van der Waals surface area contributed by atoms with Crippen molar-refractivity contribution in [1.82, 2.24) is 0 Å². The summed E-state index contributed by atoms with van der Waals surface area (Å²) in [5.74, 6) is 3.16. The summed E-state index contributed by atoms with van der Waals surface area (Å²) in [7, 11) is 0. The zero-order valence-corrected chi connectivity index (χ0v) is 13.8. The monoisotopic (exact) mass is 277 g/mol. The standard InChI is InChI=1S/C17H27NS/c1-11(2)12-8-14-15(3)6-7-16(14,4)17(5,19-10-18)13(12)9-15/h11-14H,6-9H2,1-5H3/t12?,13?,14?,15-,16-,17+/m0/s1. The number of thiocyanates is 1. The van der Waals surface area contributed by atoms with Crippen LogP contribution in [0.25, 0.3) is 0 Å². The van der Waals surface area contributed by atoms with Crippen molar-refractivity contribution in [3.05, 3.63) is 0 Å². The average Bonchev–Trinajstić information content (AvgIpc) is 2.57. The van der Waals surface area contributed by atoms with Crippen LogP contribution in [0.1, 0.15) is 60.3 Å². The van der Waals surface area contributed by atoms with Gasteiger partial charge in [0.2, 0.25) is 0 Å². The van der Waals surface area contributed by atoms with Crippen LogP contribution in [-0.4, -0.2) is 4.75 Å².